The Morgan fingerprint density at radius 2 is 1.67 bits per heavy atom. The van der Waals surface area contributed by atoms with E-state index in [4.69, 9.17) is 0 Å². The molecule has 27 heavy (non-hydrogen) atoms. The number of rotatable bonds is 4. The average molecular weight is 384 g/mol. The Morgan fingerprint density at radius 3 is 2.26 bits per heavy atom. The molecule has 1 aliphatic rings. The highest BCUT2D eigenvalue weighted by Gasteiger charge is 2.25. The summed E-state index contributed by atoms with van der Waals surface area (Å²) in [5, 5.41) is 3.06. The normalized spacial score (nSPS) is 14.7. The van der Waals surface area contributed by atoms with Gasteiger partial charge in [-0.05, 0) is 49.2 Å². The van der Waals surface area contributed by atoms with Crippen LogP contribution in [0.2, 0.25) is 0 Å². The largest absolute Gasteiger partial charge is 0.378 e. The quantitative estimate of drug-likeness (QED) is 0.798. The molecule has 0 saturated carbocycles. The van der Waals surface area contributed by atoms with Gasteiger partial charge in [-0.3, -0.25) is 9.59 Å². The van der Waals surface area contributed by atoms with Crippen LogP contribution in [0, 0.1) is 0 Å². The van der Waals surface area contributed by atoms with Crippen molar-refractivity contribution in [1.29, 1.82) is 0 Å². The minimum atomic E-state index is -0.107. The van der Waals surface area contributed by atoms with Crippen molar-refractivity contribution in [3.8, 4) is 0 Å². The first kappa shape index (κ1) is 19.3. The van der Waals surface area contributed by atoms with E-state index < -0.39 is 0 Å². The molecule has 1 aliphatic heterocycles. The summed E-state index contributed by atoms with van der Waals surface area (Å²) < 4.78 is 0. The number of hydrogen-bond acceptors (Lipinski definition) is 4. The second-order valence-corrected chi connectivity index (χ2v) is 7.48. The molecule has 0 aliphatic carbocycles. The zero-order chi connectivity index (χ0) is 19.4. The highest BCUT2D eigenvalue weighted by Crippen LogP contribution is 2.18. The molecule has 1 saturated heterocycles. The lowest BCUT2D eigenvalue weighted by molar-refractivity contribution is 0.0698. The Balaban J connectivity index is 1.54. The van der Waals surface area contributed by atoms with E-state index in [1.165, 1.54) is 0 Å². The molecule has 6 heteroatoms. The number of amides is 2. The van der Waals surface area contributed by atoms with Gasteiger partial charge in [-0.15, -0.1) is 12.6 Å². The second-order valence-electron chi connectivity index (χ2n) is 7.00. The number of benzene rings is 2. The lowest BCUT2D eigenvalue weighted by Crippen LogP contribution is -2.46. The molecule has 0 unspecified atom stereocenters. The summed E-state index contributed by atoms with van der Waals surface area (Å²) in [4.78, 5) is 29.6. The third-order valence-electron chi connectivity index (χ3n) is 4.90. The number of hydrogen-bond donors (Lipinski definition) is 2. The summed E-state index contributed by atoms with van der Waals surface area (Å²) in [6, 6.07) is 15.0. The van der Waals surface area contributed by atoms with Crippen LogP contribution in [0.3, 0.4) is 0 Å². The van der Waals surface area contributed by atoms with Gasteiger partial charge in [0.15, 0.2) is 0 Å². The molecular formula is C21H25N3O2S. The number of nitrogens with zero attached hydrogens (tertiary/aromatic N) is 2. The van der Waals surface area contributed by atoms with Crippen LogP contribution in [-0.4, -0.2) is 49.9 Å². The summed E-state index contributed by atoms with van der Waals surface area (Å²) in [6.45, 7) is 1.28. The zero-order valence-electron chi connectivity index (χ0n) is 15.7. The second kappa shape index (κ2) is 8.48. The molecule has 2 aromatic rings. The van der Waals surface area contributed by atoms with E-state index in [1.807, 2.05) is 60.3 Å². The van der Waals surface area contributed by atoms with Crippen LogP contribution in [-0.2, 0) is 0 Å². The molecule has 0 aromatic heterocycles. The van der Waals surface area contributed by atoms with Gasteiger partial charge in [0.05, 0.1) is 5.56 Å². The highest BCUT2D eigenvalue weighted by molar-refractivity contribution is 7.80. The fourth-order valence-corrected chi connectivity index (χ4v) is 3.50. The van der Waals surface area contributed by atoms with Crippen LogP contribution in [0.4, 0.5) is 5.69 Å². The number of thiol groups is 1. The summed E-state index contributed by atoms with van der Waals surface area (Å²) in [7, 11) is 3.95. The molecule has 1 fully saturated rings. The van der Waals surface area contributed by atoms with Crippen LogP contribution in [0.15, 0.2) is 53.4 Å². The minimum Gasteiger partial charge on any atom is -0.378 e. The third kappa shape index (κ3) is 4.63. The Labute approximate surface area is 165 Å². The summed E-state index contributed by atoms with van der Waals surface area (Å²) in [6.07, 6.45) is 1.50. The number of piperidine rings is 1. The first-order valence-corrected chi connectivity index (χ1v) is 9.56. The van der Waals surface area contributed by atoms with Crippen molar-refractivity contribution in [2.45, 2.75) is 23.8 Å². The van der Waals surface area contributed by atoms with Crippen molar-refractivity contribution < 1.29 is 9.59 Å². The van der Waals surface area contributed by atoms with Crippen LogP contribution in [0.1, 0.15) is 33.6 Å². The molecule has 1 heterocycles. The average Bonchev–Trinajstić information content (AvgIpc) is 2.68. The van der Waals surface area contributed by atoms with Gasteiger partial charge < -0.3 is 15.1 Å². The van der Waals surface area contributed by atoms with Crippen molar-refractivity contribution in [3.05, 3.63) is 59.7 Å². The lowest BCUT2D eigenvalue weighted by atomic mass is 10.0. The predicted octanol–water partition coefficient (Wildman–Crippen LogP) is 3.08. The number of nitrogens with one attached hydrogen (secondary N) is 1. The summed E-state index contributed by atoms with van der Waals surface area (Å²) in [5.41, 5.74) is 2.35. The third-order valence-corrected chi connectivity index (χ3v) is 5.29. The van der Waals surface area contributed by atoms with E-state index in [-0.39, 0.29) is 17.9 Å². The van der Waals surface area contributed by atoms with Crippen molar-refractivity contribution >= 4 is 30.1 Å². The van der Waals surface area contributed by atoms with E-state index in [0.717, 1.165) is 18.5 Å². The molecule has 142 valence electrons. The van der Waals surface area contributed by atoms with Gasteiger partial charge in [-0.2, -0.15) is 0 Å². The van der Waals surface area contributed by atoms with Crippen molar-refractivity contribution in [2.24, 2.45) is 0 Å². The van der Waals surface area contributed by atoms with Gasteiger partial charge >= 0.3 is 0 Å². The molecular weight excluding hydrogens is 358 g/mol. The van der Waals surface area contributed by atoms with Crippen LogP contribution in [0.25, 0.3) is 0 Å². The number of carbonyl (C=O) groups is 2. The monoisotopic (exact) mass is 383 g/mol. The number of carbonyl (C=O) groups excluding carboxylic acids is 2. The first-order valence-electron chi connectivity index (χ1n) is 9.11. The maximum absolute atomic E-state index is 12.7. The Kier molecular flexibility index (Phi) is 6.06. The van der Waals surface area contributed by atoms with Gasteiger partial charge in [0.1, 0.15) is 0 Å². The molecule has 0 spiro atoms. The minimum absolute atomic E-state index is 0.0470. The van der Waals surface area contributed by atoms with E-state index in [1.54, 1.807) is 12.1 Å². The van der Waals surface area contributed by atoms with Crippen molar-refractivity contribution in [1.82, 2.24) is 10.2 Å². The van der Waals surface area contributed by atoms with Gasteiger partial charge in [0.2, 0.25) is 0 Å². The Hall–Kier alpha value is -2.47. The fourth-order valence-electron chi connectivity index (χ4n) is 3.24. The number of likely N-dealkylation sites (tertiary alicyclic amines) is 1. The maximum atomic E-state index is 12.7. The highest BCUT2D eigenvalue weighted by atomic mass is 32.1. The van der Waals surface area contributed by atoms with Crippen molar-refractivity contribution in [3.63, 3.8) is 0 Å². The number of anilines is 1. The molecule has 0 bridgehead atoms. The fraction of sp³-hybridized carbons (Fsp3) is 0.333. The van der Waals surface area contributed by atoms with Gasteiger partial charge in [-0.25, -0.2) is 0 Å². The van der Waals surface area contributed by atoms with Crippen molar-refractivity contribution in [2.75, 3.05) is 32.1 Å². The molecule has 5 nitrogen and oxygen atoms in total. The Bertz CT molecular complexity index is 812. The van der Waals surface area contributed by atoms with E-state index in [0.29, 0.717) is 29.1 Å². The molecule has 0 radical (unpaired) electrons. The maximum Gasteiger partial charge on any atom is 0.253 e. The van der Waals surface area contributed by atoms with E-state index in [9.17, 15) is 9.59 Å². The lowest BCUT2D eigenvalue weighted by Gasteiger charge is -2.32. The molecule has 1 N–H and O–H groups in total. The molecule has 2 aromatic carbocycles. The zero-order valence-corrected chi connectivity index (χ0v) is 16.6. The van der Waals surface area contributed by atoms with Gasteiger partial charge in [-0.1, -0.05) is 12.1 Å². The van der Waals surface area contributed by atoms with E-state index in [2.05, 4.69) is 17.9 Å². The Morgan fingerprint density at radius 1 is 1.04 bits per heavy atom. The smallest absolute Gasteiger partial charge is 0.253 e. The van der Waals surface area contributed by atoms with Crippen LogP contribution in [0.5, 0.6) is 0 Å². The van der Waals surface area contributed by atoms with Gasteiger partial charge in [0, 0.05) is 49.4 Å². The summed E-state index contributed by atoms with van der Waals surface area (Å²) in [5.74, 6) is -0.0598. The standard InChI is InChI=1S/C21H25N3O2S/c1-23(2)17-9-7-15(8-10-17)21(26)24-13-11-16(12-14-24)22-20(25)18-5-3-4-6-19(18)27/h3-10,16,27H,11-14H2,1-2H3,(H,22,25). The first-order chi connectivity index (χ1) is 13.0. The molecule has 0 atom stereocenters. The predicted molar refractivity (Wildman–Crippen MR) is 111 cm³/mol. The van der Waals surface area contributed by atoms with Crippen LogP contribution >= 0.6 is 12.6 Å². The summed E-state index contributed by atoms with van der Waals surface area (Å²) >= 11 is 4.34. The van der Waals surface area contributed by atoms with E-state index >= 15 is 0 Å². The molecule has 3 rings (SSSR count). The van der Waals surface area contributed by atoms with Crippen LogP contribution < -0.4 is 10.2 Å². The molecule has 2 amide bonds. The SMILES string of the molecule is CN(C)c1ccc(C(=O)N2CCC(NC(=O)c3ccccc3S)CC2)cc1. The van der Waals surface area contributed by atoms with Gasteiger partial charge in [0.25, 0.3) is 11.8 Å². The topological polar surface area (TPSA) is 52.7 Å².